The van der Waals surface area contributed by atoms with E-state index in [1.807, 2.05) is 12.1 Å². The number of hydrogen-bond acceptors (Lipinski definition) is 4. The minimum absolute atomic E-state index is 0.0827. The summed E-state index contributed by atoms with van der Waals surface area (Å²) in [5.74, 6) is 0.758. The van der Waals surface area contributed by atoms with E-state index in [0.717, 1.165) is 5.75 Å². The zero-order valence-corrected chi connectivity index (χ0v) is 8.78. The zero-order chi connectivity index (χ0) is 10.7. The summed E-state index contributed by atoms with van der Waals surface area (Å²) in [6.45, 7) is 0.991. The molecule has 2 rings (SSSR count). The van der Waals surface area contributed by atoms with E-state index in [1.54, 1.807) is 12.1 Å². The number of amidine groups is 1. The van der Waals surface area contributed by atoms with Crippen LogP contribution in [0, 0.1) is 0 Å². The molecule has 1 aliphatic rings. The Kier molecular flexibility index (Phi) is 2.97. The Hall–Kier alpha value is -1.42. The third-order valence-corrected chi connectivity index (χ3v) is 2.24. The summed E-state index contributed by atoms with van der Waals surface area (Å²) in [5.41, 5.74) is 5.37. The van der Waals surface area contributed by atoms with Gasteiger partial charge in [0.05, 0.1) is 6.54 Å². The van der Waals surface area contributed by atoms with Crippen molar-refractivity contribution in [1.82, 2.24) is 0 Å². The molecule has 0 aromatic heterocycles. The molecule has 1 unspecified atom stereocenters. The van der Waals surface area contributed by atoms with Crippen LogP contribution in [0.15, 0.2) is 29.3 Å². The van der Waals surface area contributed by atoms with Crippen molar-refractivity contribution in [2.45, 2.75) is 6.10 Å². The molecule has 4 nitrogen and oxygen atoms in total. The second-order valence-electron chi connectivity index (χ2n) is 3.18. The molecule has 0 aliphatic carbocycles. The number of nitrogens with two attached hydrogens (primary N) is 1. The zero-order valence-electron chi connectivity index (χ0n) is 8.02. The molecule has 0 amide bonds. The molecule has 1 heterocycles. The Balaban J connectivity index is 1.81. The standard InChI is InChI=1S/C10H11ClN2O2/c11-7-1-3-8(4-2-7)14-6-9-5-13-10(12)15-9/h1-4,9H,5-6H2,(H2,12,13). The van der Waals surface area contributed by atoms with E-state index in [0.29, 0.717) is 18.2 Å². The van der Waals surface area contributed by atoms with E-state index in [1.165, 1.54) is 0 Å². The van der Waals surface area contributed by atoms with Crippen LogP contribution in [0.2, 0.25) is 5.02 Å². The summed E-state index contributed by atoms with van der Waals surface area (Å²) in [6.07, 6.45) is -0.0827. The van der Waals surface area contributed by atoms with Crippen LogP contribution in [-0.4, -0.2) is 25.3 Å². The van der Waals surface area contributed by atoms with Crippen LogP contribution in [0.25, 0.3) is 0 Å². The smallest absolute Gasteiger partial charge is 0.282 e. The molecular formula is C10H11ClN2O2. The fourth-order valence-corrected chi connectivity index (χ4v) is 1.37. The van der Waals surface area contributed by atoms with Gasteiger partial charge in [0, 0.05) is 5.02 Å². The maximum Gasteiger partial charge on any atom is 0.282 e. The average Bonchev–Trinajstić information content (AvgIpc) is 2.64. The van der Waals surface area contributed by atoms with Crippen molar-refractivity contribution in [2.75, 3.05) is 13.2 Å². The van der Waals surface area contributed by atoms with Crippen molar-refractivity contribution in [2.24, 2.45) is 10.7 Å². The topological polar surface area (TPSA) is 56.8 Å². The van der Waals surface area contributed by atoms with E-state index >= 15 is 0 Å². The number of hydrogen-bond donors (Lipinski definition) is 1. The molecule has 1 aliphatic heterocycles. The second kappa shape index (κ2) is 4.40. The van der Waals surface area contributed by atoms with Gasteiger partial charge >= 0.3 is 0 Å². The molecule has 2 N–H and O–H groups in total. The first-order valence-electron chi connectivity index (χ1n) is 4.59. The molecule has 0 saturated heterocycles. The van der Waals surface area contributed by atoms with Crippen LogP contribution in [0.4, 0.5) is 0 Å². The van der Waals surface area contributed by atoms with Gasteiger partial charge in [-0.3, -0.25) is 0 Å². The number of halogens is 1. The van der Waals surface area contributed by atoms with Gasteiger partial charge in [0.2, 0.25) is 0 Å². The van der Waals surface area contributed by atoms with Crippen LogP contribution < -0.4 is 10.5 Å². The fourth-order valence-electron chi connectivity index (χ4n) is 1.24. The van der Waals surface area contributed by atoms with E-state index in [2.05, 4.69) is 4.99 Å². The van der Waals surface area contributed by atoms with Gasteiger partial charge in [0.15, 0.2) is 6.10 Å². The molecule has 1 atom stereocenters. The average molecular weight is 227 g/mol. The molecular weight excluding hydrogens is 216 g/mol. The minimum Gasteiger partial charge on any atom is -0.490 e. The van der Waals surface area contributed by atoms with Gasteiger partial charge in [-0.15, -0.1) is 0 Å². The van der Waals surface area contributed by atoms with Crippen LogP contribution >= 0.6 is 11.6 Å². The molecule has 1 aromatic rings. The summed E-state index contributed by atoms with van der Waals surface area (Å²) in [5, 5.41) is 0.687. The monoisotopic (exact) mass is 226 g/mol. The van der Waals surface area contributed by atoms with Crippen LogP contribution in [-0.2, 0) is 4.74 Å². The van der Waals surface area contributed by atoms with Crippen LogP contribution in [0.3, 0.4) is 0 Å². The first kappa shape index (κ1) is 10.1. The lowest BCUT2D eigenvalue weighted by atomic mass is 10.3. The largest absolute Gasteiger partial charge is 0.490 e. The first-order chi connectivity index (χ1) is 7.24. The van der Waals surface area contributed by atoms with Crippen molar-refractivity contribution >= 4 is 17.6 Å². The van der Waals surface area contributed by atoms with Gasteiger partial charge in [-0.1, -0.05) is 11.6 Å². The highest BCUT2D eigenvalue weighted by Gasteiger charge is 2.17. The van der Waals surface area contributed by atoms with E-state index in [-0.39, 0.29) is 12.1 Å². The molecule has 5 heteroatoms. The molecule has 15 heavy (non-hydrogen) atoms. The van der Waals surface area contributed by atoms with E-state index < -0.39 is 0 Å². The third kappa shape index (κ3) is 2.76. The maximum absolute atomic E-state index is 5.74. The number of nitrogens with zero attached hydrogens (tertiary/aromatic N) is 1. The second-order valence-corrected chi connectivity index (χ2v) is 3.62. The van der Waals surface area contributed by atoms with Crippen molar-refractivity contribution < 1.29 is 9.47 Å². The maximum atomic E-state index is 5.74. The lowest BCUT2D eigenvalue weighted by molar-refractivity contribution is 0.141. The highest BCUT2D eigenvalue weighted by Crippen LogP contribution is 2.16. The lowest BCUT2D eigenvalue weighted by Gasteiger charge is -2.11. The normalized spacial score (nSPS) is 19.5. The molecule has 0 fully saturated rings. The Bertz CT molecular complexity index is 364. The van der Waals surface area contributed by atoms with Crippen molar-refractivity contribution in [3.05, 3.63) is 29.3 Å². The molecule has 1 aromatic carbocycles. The summed E-state index contributed by atoms with van der Waals surface area (Å²) >= 11 is 5.74. The van der Waals surface area contributed by atoms with Crippen molar-refractivity contribution in [1.29, 1.82) is 0 Å². The molecule has 80 valence electrons. The first-order valence-corrected chi connectivity index (χ1v) is 4.97. The quantitative estimate of drug-likeness (QED) is 0.849. The molecule has 0 spiro atoms. The number of ether oxygens (including phenoxy) is 2. The Morgan fingerprint density at radius 1 is 1.47 bits per heavy atom. The van der Waals surface area contributed by atoms with Crippen LogP contribution in [0.1, 0.15) is 0 Å². The summed E-state index contributed by atoms with van der Waals surface area (Å²) in [6, 6.07) is 7.40. The van der Waals surface area contributed by atoms with Gasteiger partial charge in [-0.25, -0.2) is 4.99 Å². The van der Waals surface area contributed by atoms with Gasteiger partial charge < -0.3 is 15.2 Å². The summed E-state index contributed by atoms with van der Waals surface area (Å²) < 4.78 is 10.7. The Labute approximate surface area is 92.7 Å². The summed E-state index contributed by atoms with van der Waals surface area (Å²) in [4.78, 5) is 3.92. The predicted octanol–water partition coefficient (Wildman–Crippen LogP) is 1.43. The molecule has 0 saturated carbocycles. The fraction of sp³-hybridized carbons (Fsp3) is 0.300. The molecule has 0 bridgehead atoms. The van der Waals surface area contributed by atoms with Gasteiger partial charge in [0.25, 0.3) is 6.02 Å². The highest BCUT2D eigenvalue weighted by atomic mass is 35.5. The SMILES string of the molecule is NC1=NCC(COc2ccc(Cl)cc2)O1. The van der Waals surface area contributed by atoms with Gasteiger partial charge in [-0.2, -0.15) is 0 Å². The van der Waals surface area contributed by atoms with Gasteiger partial charge in [-0.05, 0) is 24.3 Å². The number of rotatable bonds is 3. The number of benzene rings is 1. The Morgan fingerprint density at radius 3 is 2.80 bits per heavy atom. The van der Waals surface area contributed by atoms with Crippen molar-refractivity contribution in [3.63, 3.8) is 0 Å². The van der Waals surface area contributed by atoms with Crippen LogP contribution in [0.5, 0.6) is 5.75 Å². The van der Waals surface area contributed by atoms with E-state index in [4.69, 9.17) is 26.8 Å². The van der Waals surface area contributed by atoms with E-state index in [9.17, 15) is 0 Å². The Morgan fingerprint density at radius 2 is 2.20 bits per heavy atom. The lowest BCUT2D eigenvalue weighted by Crippen LogP contribution is -2.24. The van der Waals surface area contributed by atoms with Crippen molar-refractivity contribution in [3.8, 4) is 5.75 Å². The highest BCUT2D eigenvalue weighted by molar-refractivity contribution is 6.30. The van der Waals surface area contributed by atoms with Gasteiger partial charge in [0.1, 0.15) is 12.4 Å². The predicted molar refractivity (Wildman–Crippen MR) is 58.3 cm³/mol. The molecule has 0 radical (unpaired) electrons. The minimum atomic E-state index is -0.0827. The third-order valence-electron chi connectivity index (χ3n) is 1.99. The summed E-state index contributed by atoms with van der Waals surface area (Å²) in [7, 11) is 0. The number of aliphatic imine (C=N–C) groups is 1.